The summed E-state index contributed by atoms with van der Waals surface area (Å²) >= 11 is 12.0. The third-order valence-electron chi connectivity index (χ3n) is 5.54. The molecule has 1 aliphatic rings. The molecule has 7 nitrogen and oxygen atoms in total. The van der Waals surface area contributed by atoms with Crippen LogP contribution in [0.4, 0.5) is 5.69 Å². The van der Waals surface area contributed by atoms with Gasteiger partial charge in [-0.1, -0.05) is 41.4 Å². The number of ether oxygens (including phenoxy) is 1. The molecule has 1 aliphatic heterocycles. The number of hydrogen-bond acceptors (Lipinski definition) is 7. The number of aliphatic hydroxyl groups excluding tert-OH is 2. The molecular weight excluding hydrogens is 487 g/mol. The van der Waals surface area contributed by atoms with Crippen molar-refractivity contribution in [1.82, 2.24) is 9.88 Å². The topological polar surface area (TPSA) is 92.9 Å². The molecule has 0 saturated carbocycles. The van der Waals surface area contributed by atoms with E-state index in [4.69, 9.17) is 38.3 Å². The lowest BCUT2D eigenvalue weighted by molar-refractivity contribution is 0.114. The van der Waals surface area contributed by atoms with Gasteiger partial charge in [0.15, 0.2) is 0 Å². The predicted octanol–water partition coefficient (Wildman–Crippen LogP) is 4.17. The van der Waals surface area contributed by atoms with Crippen LogP contribution in [0.15, 0.2) is 66.9 Å². The molecule has 2 heterocycles. The second-order valence-electron chi connectivity index (χ2n) is 7.79. The number of hydrogen-bond donors (Lipinski definition) is 2. The van der Waals surface area contributed by atoms with Crippen LogP contribution in [0.25, 0.3) is 0 Å². The number of benzene rings is 2. The maximum atomic E-state index is 9.87. The number of aromatic nitrogens is 1. The monoisotopic (exact) mass is 514 g/mol. The van der Waals surface area contributed by atoms with Crippen molar-refractivity contribution in [2.75, 3.05) is 50.9 Å². The highest BCUT2D eigenvalue weighted by Crippen LogP contribution is 2.31. The molecule has 3 aromatic rings. The van der Waals surface area contributed by atoms with Gasteiger partial charge in [0.2, 0.25) is 0 Å². The summed E-state index contributed by atoms with van der Waals surface area (Å²) < 4.78 is 5.39. The summed E-state index contributed by atoms with van der Waals surface area (Å²) in [7, 11) is 0. The third-order valence-corrected chi connectivity index (χ3v) is 6.09. The van der Waals surface area contributed by atoms with E-state index in [-0.39, 0.29) is 25.9 Å². The van der Waals surface area contributed by atoms with E-state index in [1.807, 2.05) is 42.5 Å². The molecule has 4 rings (SSSR count). The summed E-state index contributed by atoms with van der Waals surface area (Å²) in [4.78, 5) is 8.73. The molecule has 35 heavy (non-hydrogen) atoms. The zero-order chi connectivity index (χ0) is 25.0. The summed E-state index contributed by atoms with van der Waals surface area (Å²) in [6.45, 7) is 3.21. The van der Waals surface area contributed by atoms with Crippen molar-refractivity contribution >= 4 is 28.9 Å². The smallest absolute Gasteiger partial charge is 0.121 e. The van der Waals surface area contributed by atoms with Crippen molar-refractivity contribution in [2.45, 2.75) is 6.04 Å². The van der Waals surface area contributed by atoms with E-state index in [1.54, 1.807) is 18.2 Å². The second-order valence-corrected chi connectivity index (χ2v) is 8.63. The zero-order valence-electron chi connectivity index (χ0n) is 19.2. The molecule has 9 heteroatoms. The number of rotatable bonds is 7. The van der Waals surface area contributed by atoms with E-state index in [1.165, 1.54) is 6.20 Å². The highest BCUT2D eigenvalue weighted by atomic mass is 35.5. The van der Waals surface area contributed by atoms with Gasteiger partial charge in [0.1, 0.15) is 18.4 Å². The highest BCUT2D eigenvalue weighted by molar-refractivity contribution is 6.33. The fraction of sp³-hybridized carbons (Fsp3) is 0.308. The van der Waals surface area contributed by atoms with Gasteiger partial charge in [-0.25, -0.2) is 0 Å². The van der Waals surface area contributed by atoms with Gasteiger partial charge in [-0.2, -0.15) is 5.26 Å². The van der Waals surface area contributed by atoms with Crippen molar-refractivity contribution in [3.05, 3.63) is 88.2 Å². The lowest BCUT2D eigenvalue weighted by atomic mass is 10.1. The molecule has 1 unspecified atom stereocenters. The van der Waals surface area contributed by atoms with Gasteiger partial charge >= 0.3 is 0 Å². The minimum Gasteiger partial charge on any atom is -0.491 e. The van der Waals surface area contributed by atoms with E-state index in [2.05, 4.69) is 20.9 Å². The van der Waals surface area contributed by atoms with Gasteiger partial charge in [0.25, 0.3) is 0 Å². The average Bonchev–Trinajstić information content (AvgIpc) is 2.90. The molecule has 0 bridgehead atoms. The van der Waals surface area contributed by atoms with Crippen molar-refractivity contribution in [2.24, 2.45) is 0 Å². The molecule has 0 spiro atoms. The van der Waals surface area contributed by atoms with E-state index in [0.717, 1.165) is 42.6 Å². The standard InChI is InChI=1S/C20H23ClN4O3.C6H5Cl/c21-17-11-16(28-10-9-26)2-4-19(17)24-5-7-25(8-6-24)20(14-27)18-3-1-15(12-22)13-23-18;7-6-4-2-1-3-5-6/h1-4,11,13,20,26-27H,5-10,14H2;1-5H. The van der Waals surface area contributed by atoms with Gasteiger partial charge in [-0.05, 0) is 36.4 Å². The molecular formula is C26H28Cl2N4O3. The largest absolute Gasteiger partial charge is 0.491 e. The molecule has 0 aliphatic carbocycles. The normalized spacial score (nSPS) is 14.4. The first kappa shape index (κ1) is 26.7. The number of halogens is 2. The Labute approximate surface area is 215 Å². The summed E-state index contributed by atoms with van der Waals surface area (Å²) in [6, 6.07) is 20.4. The van der Waals surface area contributed by atoms with Gasteiger partial charge in [-0.3, -0.25) is 9.88 Å². The first-order valence-electron chi connectivity index (χ1n) is 11.3. The average molecular weight is 515 g/mol. The Morgan fingerprint density at radius 2 is 1.74 bits per heavy atom. The number of pyridine rings is 1. The summed E-state index contributed by atoms with van der Waals surface area (Å²) in [5.41, 5.74) is 2.21. The molecule has 0 amide bonds. The minimum atomic E-state index is -0.195. The third kappa shape index (κ3) is 7.82. The Morgan fingerprint density at radius 1 is 1.00 bits per heavy atom. The van der Waals surface area contributed by atoms with Gasteiger partial charge in [0.05, 0.1) is 41.2 Å². The van der Waals surface area contributed by atoms with Crippen LogP contribution < -0.4 is 9.64 Å². The summed E-state index contributed by atoms with van der Waals surface area (Å²) in [5, 5.41) is 29.0. The SMILES string of the molecule is Clc1ccccc1.N#Cc1ccc(C(CO)N2CCN(c3ccc(OCCO)cc3Cl)CC2)nc1. The Hall–Kier alpha value is -2.86. The Kier molecular flexibility index (Phi) is 10.6. The number of nitriles is 1. The van der Waals surface area contributed by atoms with Gasteiger partial charge in [0, 0.05) is 43.5 Å². The van der Waals surface area contributed by atoms with Crippen molar-refractivity contribution in [3.8, 4) is 11.8 Å². The van der Waals surface area contributed by atoms with E-state index in [9.17, 15) is 5.11 Å². The lowest BCUT2D eigenvalue weighted by Crippen LogP contribution is -2.48. The molecule has 2 N–H and O–H groups in total. The molecule has 0 radical (unpaired) electrons. The predicted molar refractivity (Wildman–Crippen MR) is 138 cm³/mol. The van der Waals surface area contributed by atoms with Crippen molar-refractivity contribution in [1.29, 1.82) is 5.26 Å². The molecule has 2 aromatic carbocycles. The maximum Gasteiger partial charge on any atom is 0.121 e. The number of anilines is 1. The molecule has 1 atom stereocenters. The van der Waals surface area contributed by atoms with Crippen LogP contribution in [0, 0.1) is 11.3 Å². The summed E-state index contributed by atoms with van der Waals surface area (Å²) in [5.74, 6) is 0.633. The van der Waals surface area contributed by atoms with Gasteiger partial charge < -0.3 is 19.8 Å². The van der Waals surface area contributed by atoms with Crippen LogP contribution in [0.2, 0.25) is 10.0 Å². The van der Waals surface area contributed by atoms with Crippen LogP contribution in [0.1, 0.15) is 17.3 Å². The number of aliphatic hydroxyl groups is 2. The Balaban J connectivity index is 0.000000420. The van der Waals surface area contributed by atoms with Crippen LogP contribution in [0.5, 0.6) is 5.75 Å². The van der Waals surface area contributed by atoms with Gasteiger partial charge in [-0.15, -0.1) is 0 Å². The highest BCUT2D eigenvalue weighted by Gasteiger charge is 2.26. The minimum absolute atomic E-state index is 0.0312. The summed E-state index contributed by atoms with van der Waals surface area (Å²) in [6.07, 6.45) is 1.54. The van der Waals surface area contributed by atoms with E-state index >= 15 is 0 Å². The van der Waals surface area contributed by atoms with Crippen molar-refractivity contribution in [3.63, 3.8) is 0 Å². The first-order chi connectivity index (χ1) is 17.0. The maximum absolute atomic E-state index is 9.87. The van der Waals surface area contributed by atoms with E-state index < -0.39 is 0 Å². The Morgan fingerprint density at radius 3 is 2.26 bits per heavy atom. The Bertz CT molecular complexity index is 1090. The molecule has 184 valence electrons. The van der Waals surface area contributed by atoms with Crippen LogP contribution in [-0.2, 0) is 0 Å². The number of piperazine rings is 1. The fourth-order valence-electron chi connectivity index (χ4n) is 3.75. The zero-order valence-corrected chi connectivity index (χ0v) is 20.7. The van der Waals surface area contributed by atoms with Crippen molar-refractivity contribution < 1.29 is 14.9 Å². The van der Waals surface area contributed by atoms with E-state index in [0.29, 0.717) is 16.3 Å². The quantitative estimate of drug-likeness (QED) is 0.488. The molecule has 1 fully saturated rings. The van der Waals surface area contributed by atoms with Crippen LogP contribution in [-0.4, -0.2) is 66.1 Å². The molecule has 1 aromatic heterocycles. The fourth-order valence-corrected chi connectivity index (χ4v) is 4.19. The number of nitrogens with zero attached hydrogens (tertiary/aromatic N) is 4. The van der Waals surface area contributed by atoms with Crippen LogP contribution in [0.3, 0.4) is 0 Å². The lowest BCUT2D eigenvalue weighted by Gasteiger charge is -2.39. The first-order valence-corrected chi connectivity index (χ1v) is 12.0. The molecule has 1 saturated heterocycles. The second kappa shape index (κ2) is 13.9. The van der Waals surface area contributed by atoms with Crippen LogP contribution >= 0.6 is 23.2 Å².